The van der Waals surface area contributed by atoms with Gasteiger partial charge in [0.15, 0.2) is 0 Å². The van der Waals surface area contributed by atoms with Crippen LogP contribution in [0.5, 0.6) is 11.5 Å². The lowest BCUT2D eigenvalue weighted by molar-refractivity contribution is -0.114. The van der Waals surface area contributed by atoms with Gasteiger partial charge in [-0.3, -0.25) is 14.1 Å². The molecule has 1 amide bonds. The van der Waals surface area contributed by atoms with Crippen molar-refractivity contribution in [2.45, 2.75) is 6.42 Å². The van der Waals surface area contributed by atoms with E-state index in [-0.39, 0.29) is 6.54 Å². The van der Waals surface area contributed by atoms with Crippen molar-refractivity contribution in [2.75, 3.05) is 22.4 Å². The number of hydrogen-bond donors (Lipinski definition) is 1. The molecule has 0 aliphatic rings. The Labute approximate surface area is 205 Å². The van der Waals surface area contributed by atoms with Gasteiger partial charge in [-0.2, -0.15) is 0 Å². The summed E-state index contributed by atoms with van der Waals surface area (Å²) in [6, 6.07) is 27.2. The number of nitrogens with one attached hydrogen (secondary N) is 1. The standard InChI is InChI=1S/C27H25N3O4S/c1-35(32,33)30(24-11-13-26(14-12-24)34-25-5-3-2-4-6-25)20-27(31)29-23-9-7-21(8-10-23)19-22-15-17-28-18-16-22/h2-18H,19-20H2,1H3,(H,29,31). The molecule has 0 aliphatic heterocycles. The zero-order valence-corrected chi connectivity index (χ0v) is 20.0. The number of hydrogen-bond acceptors (Lipinski definition) is 5. The third-order valence-corrected chi connectivity index (χ3v) is 6.33. The Morgan fingerprint density at radius 3 is 2.06 bits per heavy atom. The molecule has 1 aromatic heterocycles. The lowest BCUT2D eigenvalue weighted by Gasteiger charge is -2.22. The normalized spacial score (nSPS) is 11.0. The van der Waals surface area contributed by atoms with Crippen LogP contribution in [-0.4, -0.2) is 32.1 Å². The van der Waals surface area contributed by atoms with Crippen LogP contribution >= 0.6 is 0 Å². The van der Waals surface area contributed by atoms with Crippen molar-refractivity contribution in [3.63, 3.8) is 0 Å². The number of aromatic nitrogens is 1. The van der Waals surface area contributed by atoms with Gasteiger partial charge >= 0.3 is 0 Å². The van der Waals surface area contributed by atoms with Crippen molar-refractivity contribution in [3.8, 4) is 11.5 Å². The van der Waals surface area contributed by atoms with E-state index in [9.17, 15) is 13.2 Å². The largest absolute Gasteiger partial charge is 0.457 e. The summed E-state index contributed by atoms with van der Waals surface area (Å²) in [4.78, 5) is 16.7. The van der Waals surface area contributed by atoms with Gasteiger partial charge in [0.2, 0.25) is 15.9 Å². The third-order valence-electron chi connectivity index (χ3n) is 5.19. The average molecular weight is 488 g/mol. The Morgan fingerprint density at radius 1 is 0.829 bits per heavy atom. The highest BCUT2D eigenvalue weighted by Gasteiger charge is 2.21. The van der Waals surface area contributed by atoms with Crippen molar-refractivity contribution in [1.29, 1.82) is 0 Å². The summed E-state index contributed by atoms with van der Waals surface area (Å²) < 4.78 is 31.7. The number of para-hydroxylation sites is 1. The number of pyridine rings is 1. The summed E-state index contributed by atoms with van der Waals surface area (Å²) in [6.07, 6.45) is 5.33. The molecule has 35 heavy (non-hydrogen) atoms. The van der Waals surface area contributed by atoms with Crippen LogP contribution in [0.25, 0.3) is 0 Å². The fourth-order valence-electron chi connectivity index (χ4n) is 3.48. The number of rotatable bonds is 9. The quantitative estimate of drug-likeness (QED) is 0.364. The molecule has 0 aliphatic carbocycles. The Balaban J connectivity index is 1.40. The fourth-order valence-corrected chi connectivity index (χ4v) is 4.33. The van der Waals surface area contributed by atoms with E-state index in [1.165, 1.54) is 0 Å². The maximum Gasteiger partial charge on any atom is 0.245 e. The molecular weight excluding hydrogens is 462 g/mol. The maximum atomic E-state index is 12.7. The molecular formula is C27H25N3O4S. The molecule has 4 rings (SSSR count). The van der Waals surface area contributed by atoms with Crippen LogP contribution in [0.4, 0.5) is 11.4 Å². The van der Waals surface area contributed by atoms with E-state index >= 15 is 0 Å². The van der Waals surface area contributed by atoms with E-state index in [4.69, 9.17) is 4.74 Å². The van der Waals surface area contributed by atoms with Crippen molar-refractivity contribution in [1.82, 2.24) is 4.98 Å². The summed E-state index contributed by atoms with van der Waals surface area (Å²) in [7, 11) is -3.69. The van der Waals surface area contributed by atoms with Gasteiger partial charge in [0.25, 0.3) is 0 Å². The van der Waals surface area contributed by atoms with Crippen molar-refractivity contribution < 1.29 is 17.9 Å². The Morgan fingerprint density at radius 2 is 1.43 bits per heavy atom. The van der Waals surface area contributed by atoms with Gasteiger partial charge in [0.1, 0.15) is 18.0 Å². The zero-order chi connectivity index (χ0) is 24.7. The van der Waals surface area contributed by atoms with E-state index < -0.39 is 15.9 Å². The first-order valence-electron chi connectivity index (χ1n) is 11.0. The predicted octanol–water partition coefficient (Wildman–Crippen LogP) is 4.87. The molecule has 0 fully saturated rings. The predicted molar refractivity (Wildman–Crippen MR) is 137 cm³/mol. The molecule has 0 spiro atoms. The topological polar surface area (TPSA) is 88.6 Å². The SMILES string of the molecule is CS(=O)(=O)N(CC(=O)Nc1ccc(Cc2ccncc2)cc1)c1ccc(Oc2ccccc2)cc1. The van der Waals surface area contributed by atoms with Gasteiger partial charge in [-0.1, -0.05) is 30.3 Å². The minimum absolute atomic E-state index is 0.351. The Kier molecular flexibility index (Phi) is 7.42. The number of nitrogens with zero attached hydrogens (tertiary/aromatic N) is 2. The molecule has 0 bridgehead atoms. The first-order chi connectivity index (χ1) is 16.9. The molecule has 0 saturated carbocycles. The summed E-state index contributed by atoms with van der Waals surface area (Å²) >= 11 is 0. The number of ether oxygens (including phenoxy) is 1. The van der Waals surface area contributed by atoms with Crippen molar-refractivity contribution in [3.05, 3.63) is 115 Å². The highest BCUT2D eigenvalue weighted by Crippen LogP contribution is 2.25. The van der Waals surface area contributed by atoms with Crippen LogP contribution in [0.1, 0.15) is 11.1 Å². The van der Waals surface area contributed by atoms with Gasteiger partial charge in [-0.05, 0) is 78.2 Å². The number of benzene rings is 3. The number of amides is 1. The molecule has 0 atom stereocenters. The highest BCUT2D eigenvalue weighted by molar-refractivity contribution is 7.92. The first kappa shape index (κ1) is 24.0. The van der Waals surface area contributed by atoms with E-state index in [2.05, 4.69) is 10.3 Å². The minimum Gasteiger partial charge on any atom is -0.457 e. The van der Waals surface area contributed by atoms with E-state index in [1.807, 2.05) is 54.6 Å². The molecule has 0 saturated heterocycles. The van der Waals surface area contributed by atoms with Crippen LogP contribution in [0.15, 0.2) is 103 Å². The van der Waals surface area contributed by atoms with Gasteiger partial charge in [0.05, 0.1) is 11.9 Å². The van der Waals surface area contributed by atoms with Crippen LogP contribution < -0.4 is 14.4 Å². The van der Waals surface area contributed by atoms with Gasteiger partial charge in [-0.25, -0.2) is 8.42 Å². The third kappa shape index (κ3) is 6.91. The van der Waals surface area contributed by atoms with Crippen molar-refractivity contribution in [2.24, 2.45) is 0 Å². The van der Waals surface area contributed by atoms with Crippen LogP contribution in [0, 0.1) is 0 Å². The molecule has 0 radical (unpaired) electrons. The van der Waals surface area contributed by atoms with Gasteiger partial charge in [-0.15, -0.1) is 0 Å². The number of sulfonamides is 1. The van der Waals surface area contributed by atoms with Gasteiger partial charge < -0.3 is 10.1 Å². The van der Waals surface area contributed by atoms with E-state index in [0.29, 0.717) is 22.9 Å². The second-order valence-corrected chi connectivity index (χ2v) is 9.86. The number of carbonyl (C=O) groups is 1. The van der Waals surface area contributed by atoms with Crippen LogP contribution in [-0.2, 0) is 21.2 Å². The van der Waals surface area contributed by atoms with E-state index in [1.54, 1.807) is 48.8 Å². The maximum absolute atomic E-state index is 12.7. The second-order valence-electron chi connectivity index (χ2n) is 7.96. The smallest absolute Gasteiger partial charge is 0.245 e. The summed E-state index contributed by atoms with van der Waals surface area (Å²) in [6.45, 7) is -0.351. The van der Waals surface area contributed by atoms with Crippen LogP contribution in [0.3, 0.4) is 0 Å². The van der Waals surface area contributed by atoms with Crippen molar-refractivity contribution >= 4 is 27.3 Å². The lowest BCUT2D eigenvalue weighted by Crippen LogP contribution is -2.37. The summed E-state index contributed by atoms with van der Waals surface area (Å²) in [5, 5.41) is 2.77. The lowest BCUT2D eigenvalue weighted by atomic mass is 10.1. The molecule has 8 heteroatoms. The number of anilines is 2. The summed E-state index contributed by atoms with van der Waals surface area (Å²) in [5.41, 5.74) is 3.19. The monoisotopic (exact) mass is 487 g/mol. The average Bonchev–Trinajstić information content (AvgIpc) is 2.85. The molecule has 7 nitrogen and oxygen atoms in total. The molecule has 4 aromatic rings. The van der Waals surface area contributed by atoms with Gasteiger partial charge in [0, 0.05) is 18.1 Å². The molecule has 1 heterocycles. The second kappa shape index (κ2) is 10.8. The minimum atomic E-state index is -3.69. The molecule has 0 unspecified atom stereocenters. The molecule has 3 aromatic carbocycles. The summed E-state index contributed by atoms with van der Waals surface area (Å²) in [5.74, 6) is 0.790. The fraction of sp³-hybridized carbons (Fsp3) is 0.111. The Hall–Kier alpha value is -4.17. The number of carbonyl (C=O) groups excluding carboxylic acids is 1. The highest BCUT2D eigenvalue weighted by atomic mass is 32.2. The first-order valence-corrected chi connectivity index (χ1v) is 12.8. The Bertz CT molecular complexity index is 1360. The zero-order valence-electron chi connectivity index (χ0n) is 19.2. The molecule has 1 N–H and O–H groups in total. The van der Waals surface area contributed by atoms with Crippen LogP contribution in [0.2, 0.25) is 0 Å². The molecule has 178 valence electrons. The van der Waals surface area contributed by atoms with E-state index in [0.717, 1.165) is 28.1 Å².